The van der Waals surface area contributed by atoms with Crippen LogP contribution in [-0.4, -0.2) is 66.7 Å². The maximum atomic E-state index is 13.5. The van der Waals surface area contributed by atoms with E-state index in [-0.39, 0.29) is 31.0 Å². The molecule has 50 heavy (non-hydrogen) atoms. The van der Waals surface area contributed by atoms with E-state index in [0.717, 1.165) is 47.3 Å². The molecule has 3 heterocycles. The molecule has 3 aliphatic rings. The van der Waals surface area contributed by atoms with Crippen molar-refractivity contribution in [3.63, 3.8) is 0 Å². The summed E-state index contributed by atoms with van der Waals surface area (Å²) in [6.45, 7) is 8.53. The lowest BCUT2D eigenvalue weighted by Gasteiger charge is -2.38. The van der Waals surface area contributed by atoms with Gasteiger partial charge in [-0.1, -0.05) is 62.9 Å². The number of hydrogen-bond acceptors (Lipinski definition) is 6. The number of rotatable bonds is 11. The van der Waals surface area contributed by atoms with Crippen LogP contribution in [-0.2, 0) is 21.5 Å². The molecule has 2 fully saturated rings. The van der Waals surface area contributed by atoms with Gasteiger partial charge in [-0.15, -0.1) is 0 Å². The van der Waals surface area contributed by atoms with Crippen LogP contribution in [0.2, 0.25) is 0 Å². The van der Waals surface area contributed by atoms with Gasteiger partial charge in [-0.25, -0.2) is 9.97 Å². The zero-order valence-corrected chi connectivity index (χ0v) is 30.0. The van der Waals surface area contributed by atoms with Crippen molar-refractivity contribution in [2.24, 2.45) is 23.7 Å². The Morgan fingerprint density at radius 3 is 2.22 bits per heavy atom. The van der Waals surface area contributed by atoms with Crippen LogP contribution < -0.4 is 5.32 Å². The molecule has 0 radical (unpaired) electrons. The maximum absolute atomic E-state index is 13.5. The molecule has 1 saturated carbocycles. The Hall–Kier alpha value is -4.34. The van der Waals surface area contributed by atoms with Crippen molar-refractivity contribution in [2.45, 2.75) is 103 Å². The van der Waals surface area contributed by atoms with E-state index in [1.807, 2.05) is 57.4 Å². The minimum Gasteiger partial charge on any atom is -0.481 e. The fourth-order valence-corrected chi connectivity index (χ4v) is 7.85. The summed E-state index contributed by atoms with van der Waals surface area (Å²) in [5, 5.41) is 16.5. The number of carboxylic acid groups (broad SMARTS) is 1. The van der Waals surface area contributed by atoms with Crippen LogP contribution in [0.15, 0.2) is 55.1 Å². The van der Waals surface area contributed by atoms with Gasteiger partial charge in [0.1, 0.15) is 6.04 Å². The first-order valence-corrected chi connectivity index (χ1v) is 18.5. The lowest BCUT2D eigenvalue weighted by Crippen LogP contribution is -2.59. The highest BCUT2D eigenvalue weighted by Gasteiger charge is 2.39. The zero-order chi connectivity index (χ0) is 35.4. The van der Waals surface area contributed by atoms with E-state index < -0.39 is 23.8 Å². The minimum absolute atomic E-state index is 0.131. The van der Waals surface area contributed by atoms with Gasteiger partial charge in [0.2, 0.25) is 5.91 Å². The van der Waals surface area contributed by atoms with Crippen LogP contribution in [0.25, 0.3) is 17.0 Å². The largest absolute Gasteiger partial charge is 0.481 e. The van der Waals surface area contributed by atoms with E-state index in [9.17, 15) is 19.5 Å². The smallest absolute Gasteiger partial charge is 0.310 e. The second-order valence-corrected chi connectivity index (χ2v) is 15.7. The fourth-order valence-electron chi connectivity index (χ4n) is 7.85. The van der Waals surface area contributed by atoms with Crippen molar-refractivity contribution >= 4 is 23.4 Å². The van der Waals surface area contributed by atoms with Crippen LogP contribution in [0.3, 0.4) is 0 Å². The number of benzene rings is 1. The molecule has 1 aliphatic heterocycles. The fraction of sp³-hybridized carbons (Fsp3) is 0.550. The molecule has 2 aliphatic carbocycles. The number of aliphatic carboxylic acids is 1. The molecule has 2 aromatic heterocycles. The third-order valence-corrected chi connectivity index (χ3v) is 11.1. The van der Waals surface area contributed by atoms with E-state index in [0.29, 0.717) is 11.4 Å². The summed E-state index contributed by atoms with van der Waals surface area (Å²) in [6, 6.07) is 6.85. The Morgan fingerprint density at radius 1 is 0.940 bits per heavy atom. The summed E-state index contributed by atoms with van der Waals surface area (Å²) in [4.78, 5) is 49.0. The summed E-state index contributed by atoms with van der Waals surface area (Å²) in [6.07, 6.45) is 21.5. The average molecular weight is 681 g/mol. The molecular weight excluding hydrogens is 628 g/mol. The quantitative estimate of drug-likeness (QED) is 0.229. The molecule has 266 valence electrons. The highest BCUT2D eigenvalue weighted by atomic mass is 16.4. The van der Waals surface area contributed by atoms with Gasteiger partial charge < -0.3 is 15.3 Å². The summed E-state index contributed by atoms with van der Waals surface area (Å²) in [5.41, 5.74) is 4.22. The summed E-state index contributed by atoms with van der Waals surface area (Å²) >= 11 is 0. The highest BCUT2D eigenvalue weighted by molar-refractivity contribution is 5.97. The number of hydrogen-bond donors (Lipinski definition) is 2. The van der Waals surface area contributed by atoms with Crippen molar-refractivity contribution in [2.75, 3.05) is 13.1 Å². The summed E-state index contributed by atoms with van der Waals surface area (Å²) in [7, 11) is 0. The molecular formula is C40H52N6O4. The standard InChI is InChI=1S/C40H52N6O4/c1-5-6-26-7-11-28(12-8-26)29-15-17-30(18-16-29)32-20-41-36(42-21-32)31-13-9-27(10-14-31)19-35(38(48)45-23-34(24-45)39(49)50)44-37(47)33-22-43-46(25-33)40(2,3)4/h9-10,13-14,17,20-22,25-26,28-29,34-35H,5-8,11-12,15-16,18-19,23-24H2,1-4H3,(H,44,47)(H,49,50). The van der Waals surface area contributed by atoms with Gasteiger partial charge in [0.15, 0.2) is 5.82 Å². The average Bonchev–Trinajstić information content (AvgIpc) is 3.60. The molecule has 10 nitrogen and oxygen atoms in total. The number of aromatic nitrogens is 4. The van der Waals surface area contributed by atoms with E-state index in [1.54, 1.807) is 10.9 Å². The molecule has 2 atom stereocenters. The first kappa shape index (κ1) is 35.5. The molecule has 3 aromatic rings. The van der Waals surface area contributed by atoms with Crippen LogP contribution >= 0.6 is 0 Å². The van der Waals surface area contributed by atoms with Crippen LogP contribution in [0, 0.1) is 23.7 Å². The topological polar surface area (TPSA) is 130 Å². The number of carbonyl (C=O) groups is 3. The molecule has 0 bridgehead atoms. The van der Waals surface area contributed by atoms with Crippen molar-refractivity contribution in [3.8, 4) is 11.4 Å². The lowest BCUT2D eigenvalue weighted by molar-refractivity contribution is -0.153. The van der Waals surface area contributed by atoms with Gasteiger partial charge in [-0.05, 0) is 81.8 Å². The van der Waals surface area contributed by atoms with E-state index in [2.05, 4.69) is 23.4 Å². The Bertz CT molecular complexity index is 1680. The van der Waals surface area contributed by atoms with Crippen molar-refractivity contribution in [3.05, 3.63) is 71.8 Å². The van der Waals surface area contributed by atoms with Crippen LogP contribution in [0.5, 0.6) is 0 Å². The van der Waals surface area contributed by atoms with Gasteiger partial charge >= 0.3 is 5.97 Å². The van der Waals surface area contributed by atoms with E-state index >= 15 is 0 Å². The molecule has 2 N–H and O–H groups in total. The third-order valence-electron chi connectivity index (χ3n) is 11.1. The SMILES string of the molecule is CCCC1CCC(C2CC=C(c3cnc(-c4ccc(CC(NC(=O)c5cnn(C(C)(C)C)c5)C(=O)N5CC(C(=O)O)C5)cc4)nc3)CC2)CC1. The van der Waals surface area contributed by atoms with Crippen LogP contribution in [0.1, 0.15) is 107 Å². The Kier molecular flexibility index (Phi) is 10.8. The maximum Gasteiger partial charge on any atom is 0.310 e. The van der Waals surface area contributed by atoms with E-state index in [1.165, 1.54) is 61.6 Å². The number of likely N-dealkylation sites (tertiary alicyclic amines) is 1. The number of amides is 2. The highest BCUT2D eigenvalue weighted by Crippen LogP contribution is 2.42. The summed E-state index contributed by atoms with van der Waals surface area (Å²) in [5.74, 6) is 1.06. The molecule has 10 heteroatoms. The van der Waals surface area contributed by atoms with Crippen molar-refractivity contribution in [1.29, 1.82) is 0 Å². The number of nitrogens with zero attached hydrogens (tertiary/aromatic N) is 5. The predicted molar refractivity (Wildman–Crippen MR) is 193 cm³/mol. The van der Waals surface area contributed by atoms with Gasteiger partial charge in [-0.3, -0.25) is 19.1 Å². The van der Waals surface area contributed by atoms with Crippen LogP contribution in [0.4, 0.5) is 0 Å². The minimum atomic E-state index is -0.922. The lowest BCUT2D eigenvalue weighted by atomic mass is 9.70. The molecule has 1 aromatic carbocycles. The van der Waals surface area contributed by atoms with Gasteiger partial charge in [0.25, 0.3) is 5.91 Å². The normalized spacial score (nSPS) is 22.0. The Labute approximate surface area is 295 Å². The second kappa shape index (κ2) is 15.3. The van der Waals surface area contributed by atoms with Gasteiger partial charge in [0, 0.05) is 49.2 Å². The first-order valence-electron chi connectivity index (χ1n) is 18.5. The molecule has 0 spiro atoms. The number of allylic oxidation sites excluding steroid dienone is 2. The summed E-state index contributed by atoms with van der Waals surface area (Å²) < 4.78 is 1.71. The van der Waals surface area contributed by atoms with Crippen molar-refractivity contribution in [1.82, 2.24) is 30.0 Å². The second-order valence-electron chi connectivity index (χ2n) is 15.7. The van der Waals surface area contributed by atoms with Gasteiger partial charge in [-0.2, -0.15) is 5.10 Å². The van der Waals surface area contributed by atoms with E-state index in [4.69, 9.17) is 9.97 Å². The molecule has 6 rings (SSSR count). The molecule has 2 amide bonds. The molecule has 1 saturated heterocycles. The zero-order valence-electron chi connectivity index (χ0n) is 30.0. The first-order chi connectivity index (χ1) is 24.0. The number of carbonyl (C=O) groups excluding carboxylic acids is 2. The number of carboxylic acids is 1. The number of nitrogens with one attached hydrogen (secondary N) is 1. The third kappa shape index (κ3) is 8.33. The van der Waals surface area contributed by atoms with Crippen molar-refractivity contribution < 1.29 is 19.5 Å². The molecule has 2 unspecified atom stereocenters. The Morgan fingerprint density at radius 2 is 1.64 bits per heavy atom. The Balaban J connectivity index is 1.08. The monoisotopic (exact) mass is 680 g/mol. The predicted octanol–water partition coefficient (Wildman–Crippen LogP) is 6.77. The van der Waals surface area contributed by atoms with Gasteiger partial charge in [0.05, 0.1) is 23.2 Å².